The molecule has 128 valence electrons. The molecule has 0 spiro atoms. The van der Waals surface area contributed by atoms with Crippen molar-refractivity contribution in [3.63, 3.8) is 0 Å². The molecule has 0 unspecified atom stereocenters. The van der Waals surface area contributed by atoms with Crippen molar-refractivity contribution in [3.05, 3.63) is 53.4 Å². The maximum atomic E-state index is 11.1. The Morgan fingerprint density at radius 1 is 1.16 bits per heavy atom. The largest absolute Gasteiger partial charge is 0.465 e. The minimum absolute atomic E-state index is 0.244. The van der Waals surface area contributed by atoms with Crippen LogP contribution in [0.1, 0.15) is 24.5 Å². The lowest BCUT2D eigenvalue weighted by atomic mass is 9.92. The molecular formula is C18H17ClN4O2. The van der Waals surface area contributed by atoms with Gasteiger partial charge in [-0.05, 0) is 43.2 Å². The lowest BCUT2D eigenvalue weighted by Gasteiger charge is -2.29. The van der Waals surface area contributed by atoms with E-state index in [1.807, 2.05) is 41.2 Å². The number of hydrogen-bond donors (Lipinski definition) is 1. The van der Waals surface area contributed by atoms with Crippen molar-refractivity contribution in [1.29, 1.82) is 0 Å². The number of aromatic nitrogens is 3. The number of carbonyl (C=O) groups is 1. The normalized spacial score (nSPS) is 15.6. The van der Waals surface area contributed by atoms with Crippen molar-refractivity contribution in [1.82, 2.24) is 19.7 Å². The van der Waals surface area contributed by atoms with Crippen LogP contribution >= 0.6 is 11.6 Å². The van der Waals surface area contributed by atoms with E-state index in [1.54, 1.807) is 6.20 Å². The third kappa shape index (κ3) is 2.93. The minimum Gasteiger partial charge on any atom is -0.465 e. The molecule has 1 aliphatic heterocycles. The third-order valence-electron chi connectivity index (χ3n) is 4.74. The number of hydrogen-bond acceptors (Lipinski definition) is 3. The number of piperidine rings is 1. The first-order valence-electron chi connectivity index (χ1n) is 8.20. The number of pyridine rings is 1. The quantitative estimate of drug-likeness (QED) is 0.755. The summed E-state index contributed by atoms with van der Waals surface area (Å²) in [5.41, 5.74) is 2.88. The van der Waals surface area contributed by atoms with Crippen molar-refractivity contribution in [2.75, 3.05) is 13.1 Å². The van der Waals surface area contributed by atoms with Gasteiger partial charge in [0.1, 0.15) is 0 Å². The Hall–Kier alpha value is -2.60. The van der Waals surface area contributed by atoms with E-state index >= 15 is 0 Å². The molecular weight excluding hydrogens is 340 g/mol. The highest BCUT2D eigenvalue weighted by molar-refractivity contribution is 6.30. The molecule has 0 saturated carbocycles. The number of halogens is 1. The van der Waals surface area contributed by atoms with Crippen LogP contribution in [-0.4, -0.2) is 44.0 Å². The summed E-state index contributed by atoms with van der Waals surface area (Å²) in [4.78, 5) is 16.8. The predicted molar refractivity (Wildman–Crippen MR) is 95.4 cm³/mol. The number of nitrogens with zero attached hydrogens (tertiary/aromatic N) is 4. The van der Waals surface area contributed by atoms with Gasteiger partial charge >= 0.3 is 6.09 Å². The van der Waals surface area contributed by atoms with Gasteiger partial charge in [0, 0.05) is 35.6 Å². The van der Waals surface area contributed by atoms with Crippen molar-refractivity contribution in [2.24, 2.45) is 0 Å². The molecule has 1 amide bonds. The second-order valence-electron chi connectivity index (χ2n) is 6.21. The number of carboxylic acid groups (broad SMARTS) is 1. The molecule has 2 aromatic heterocycles. The molecule has 0 aliphatic carbocycles. The second kappa shape index (κ2) is 6.37. The fourth-order valence-corrected chi connectivity index (χ4v) is 3.54. The molecule has 1 fully saturated rings. The van der Waals surface area contributed by atoms with Gasteiger partial charge in [-0.25, -0.2) is 9.48 Å². The Morgan fingerprint density at radius 2 is 1.88 bits per heavy atom. The van der Waals surface area contributed by atoms with E-state index in [9.17, 15) is 4.79 Å². The summed E-state index contributed by atoms with van der Waals surface area (Å²) in [5.74, 6) is 0.244. The predicted octanol–water partition coefficient (Wildman–Crippen LogP) is 3.93. The number of benzene rings is 1. The van der Waals surface area contributed by atoms with Gasteiger partial charge in [0.2, 0.25) is 0 Å². The molecule has 3 aromatic rings. The van der Waals surface area contributed by atoms with Crippen molar-refractivity contribution in [2.45, 2.75) is 18.8 Å². The van der Waals surface area contributed by atoms with Crippen LogP contribution in [0, 0.1) is 0 Å². The zero-order chi connectivity index (χ0) is 17.4. The van der Waals surface area contributed by atoms with Crippen molar-refractivity contribution < 1.29 is 9.90 Å². The highest BCUT2D eigenvalue weighted by atomic mass is 35.5. The minimum atomic E-state index is -0.848. The number of amides is 1. The molecule has 0 bridgehead atoms. The van der Waals surface area contributed by atoms with Crippen LogP contribution < -0.4 is 0 Å². The Balaban J connectivity index is 1.73. The van der Waals surface area contributed by atoms with Gasteiger partial charge in [-0.15, -0.1) is 0 Å². The Labute approximate surface area is 149 Å². The van der Waals surface area contributed by atoms with Crippen LogP contribution in [0.2, 0.25) is 5.02 Å². The molecule has 1 saturated heterocycles. The molecule has 3 heterocycles. The lowest BCUT2D eigenvalue weighted by Crippen LogP contribution is -2.36. The van der Waals surface area contributed by atoms with Gasteiger partial charge in [0.15, 0.2) is 0 Å². The summed E-state index contributed by atoms with van der Waals surface area (Å²) < 4.78 is 1.89. The van der Waals surface area contributed by atoms with Crippen molar-refractivity contribution in [3.8, 4) is 5.69 Å². The van der Waals surface area contributed by atoms with E-state index in [2.05, 4.69) is 4.98 Å². The SMILES string of the molecule is O=C(O)N1CCC(c2nn(-c3ccc(Cl)cc3)c3cnccc23)CC1. The summed E-state index contributed by atoms with van der Waals surface area (Å²) in [6.07, 6.45) is 4.29. The molecule has 0 atom stereocenters. The summed E-state index contributed by atoms with van der Waals surface area (Å²) in [5, 5.41) is 15.7. The third-order valence-corrected chi connectivity index (χ3v) is 4.99. The number of rotatable bonds is 2. The van der Waals surface area contributed by atoms with E-state index < -0.39 is 6.09 Å². The van der Waals surface area contributed by atoms with Gasteiger partial charge < -0.3 is 10.0 Å². The van der Waals surface area contributed by atoms with E-state index in [0.29, 0.717) is 18.1 Å². The molecule has 4 rings (SSSR count). The zero-order valence-electron chi connectivity index (χ0n) is 13.5. The molecule has 6 nitrogen and oxygen atoms in total. The van der Waals surface area contributed by atoms with Crippen molar-refractivity contribution >= 4 is 28.6 Å². The first kappa shape index (κ1) is 15.9. The molecule has 1 aromatic carbocycles. The van der Waals surface area contributed by atoms with Gasteiger partial charge in [-0.1, -0.05) is 11.6 Å². The molecule has 1 N–H and O–H groups in total. The van der Waals surface area contributed by atoms with Gasteiger partial charge in [0.05, 0.1) is 23.1 Å². The average molecular weight is 357 g/mol. The maximum absolute atomic E-state index is 11.1. The smallest absolute Gasteiger partial charge is 0.407 e. The standard InChI is InChI=1S/C18H17ClN4O2/c19-13-1-3-14(4-2-13)23-16-11-20-8-5-15(16)17(21-23)12-6-9-22(10-7-12)18(24)25/h1-5,8,11-12H,6-7,9-10H2,(H,24,25). The first-order chi connectivity index (χ1) is 12.1. The Bertz CT molecular complexity index is 914. The summed E-state index contributed by atoms with van der Waals surface area (Å²) >= 11 is 5.99. The molecule has 7 heteroatoms. The zero-order valence-corrected chi connectivity index (χ0v) is 14.2. The monoisotopic (exact) mass is 356 g/mol. The van der Waals surface area contributed by atoms with Gasteiger partial charge in [0.25, 0.3) is 0 Å². The molecule has 25 heavy (non-hydrogen) atoms. The fourth-order valence-electron chi connectivity index (χ4n) is 3.41. The van der Waals surface area contributed by atoms with Gasteiger partial charge in [-0.2, -0.15) is 5.10 Å². The van der Waals surface area contributed by atoms with E-state index in [1.165, 1.54) is 4.90 Å². The lowest BCUT2D eigenvalue weighted by molar-refractivity contribution is 0.132. The van der Waals surface area contributed by atoms with Crippen LogP contribution in [0.5, 0.6) is 0 Å². The number of likely N-dealkylation sites (tertiary alicyclic amines) is 1. The summed E-state index contributed by atoms with van der Waals surface area (Å²) in [6, 6.07) is 9.52. The first-order valence-corrected chi connectivity index (χ1v) is 8.58. The molecule has 1 aliphatic rings. The van der Waals surface area contributed by atoms with Crippen LogP contribution in [0.4, 0.5) is 4.79 Å². The van der Waals surface area contributed by atoms with Gasteiger partial charge in [-0.3, -0.25) is 4.98 Å². The average Bonchev–Trinajstić information content (AvgIpc) is 3.02. The van der Waals surface area contributed by atoms with Crippen LogP contribution in [0.15, 0.2) is 42.7 Å². The number of fused-ring (bicyclic) bond motifs is 1. The van der Waals surface area contributed by atoms with Crippen LogP contribution in [-0.2, 0) is 0 Å². The Morgan fingerprint density at radius 3 is 2.56 bits per heavy atom. The van der Waals surface area contributed by atoms with E-state index in [4.69, 9.17) is 21.8 Å². The second-order valence-corrected chi connectivity index (χ2v) is 6.65. The Kier molecular flexibility index (Phi) is 4.05. The summed E-state index contributed by atoms with van der Waals surface area (Å²) in [7, 11) is 0. The van der Waals surface area contributed by atoms with E-state index in [-0.39, 0.29) is 5.92 Å². The van der Waals surface area contributed by atoms with E-state index in [0.717, 1.165) is 35.1 Å². The van der Waals surface area contributed by atoms with Crippen LogP contribution in [0.25, 0.3) is 16.6 Å². The topological polar surface area (TPSA) is 71.2 Å². The highest BCUT2D eigenvalue weighted by Crippen LogP contribution is 2.33. The maximum Gasteiger partial charge on any atom is 0.407 e. The van der Waals surface area contributed by atoms with Crippen LogP contribution in [0.3, 0.4) is 0 Å². The highest BCUT2D eigenvalue weighted by Gasteiger charge is 2.27. The molecule has 0 radical (unpaired) electrons. The summed E-state index contributed by atoms with van der Waals surface area (Å²) in [6.45, 7) is 1.08. The fraction of sp³-hybridized carbons (Fsp3) is 0.278.